The first-order valence-electron chi connectivity index (χ1n) is 17.6. The molecule has 0 fully saturated rings. The Morgan fingerprint density at radius 1 is 0.333 bits per heavy atom. The lowest BCUT2D eigenvalue weighted by Gasteiger charge is -2.13. The molecule has 54 heavy (non-hydrogen) atoms. The minimum atomic E-state index is -0.352. The zero-order chi connectivity index (χ0) is 37.5. The number of carbonyl (C=O) groups excluding carboxylic acids is 4. The maximum atomic E-state index is 13.2. The Hall–Kier alpha value is -7.20. The van der Waals surface area contributed by atoms with Crippen molar-refractivity contribution in [1.29, 1.82) is 0 Å². The van der Waals surface area contributed by atoms with Crippen molar-refractivity contribution >= 4 is 69.1 Å². The van der Waals surface area contributed by atoms with Gasteiger partial charge in [0, 0.05) is 47.0 Å². The molecule has 10 nitrogen and oxygen atoms in total. The maximum Gasteiger partial charge on any atom is 0.257 e. The summed E-state index contributed by atoms with van der Waals surface area (Å²) >= 11 is 0. The summed E-state index contributed by atoms with van der Waals surface area (Å²) in [5, 5.41) is 18.1. The van der Waals surface area contributed by atoms with Crippen molar-refractivity contribution < 1.29 is 19.2 Å². The van der Waals surface area contributed by atoms with Crippen LogP contribution in [0.1, 0.15) is 46.4 Å². The normalized spacial score (nSPS) is 10.4. The molecule has 0 aromatic heterocycles. The molecule has 6 aromatic carbocycles. The number of hydrogen-bond acceptors (Lipinski definition) is 6. The standard InChI is InChI=1S/C44H40N6O4/c51-41(49-39-19-9-7-17-37(39)43(53)47-35-27-23-33(24-28-35)45-31-13-3-1-4-14-31)21-11-12-22-42(52)50-40-20-10-8-18-38(40)44(54)48-36-29-25-34(26-30-36)46-32-15-5-2-6-16-32/h1-10,13-20,23-30,45-46H,11-12,21-22H2,(H,47,53)(H,48,54)(H,49,51)(H,50,52). The smallest absolute Gasteiger partial charge is 0.257 e. The minimum Gasteiger partial charge on any atom is -0.356 e. The number of amides is 4. The fourth-order valence-electron chi connectivity index (χ4n) is 5.62. The van der Waals surface area contributed by atoms with Crippen LogP contribution in [0.4, 0.5) is 45.5 Å². The monoisotopic (exact) mass is 716 g/mol. The van der Waals surface area contributed by atoms with E-state index in [9.17, 15) is 19.2 Å². The minimum absolute atomic E-state index is 0.164. The molecule has 0 unspecified atom stereocenters. The molecule has 0 heterocycles. The number of carbonyl (C=O) groups is 4. The van der Waals surface area contributed by atoms with Crippen LogP contribution in [0.3, 0.4) is 0 Å². The molecule has 4 amide bonds. The van der Waals surface area contributed by atoms with Gasteiger partial charge in [-0.1, -0.05) is 60.7 Å². The van der Waals surface area contributed by atoms with Crippen LogP contribution in [-0.2, 0) is 9.59 Å². The molecule has 0 radical (unpaired) electrons. The van der Waals surface area contributed by atoms with Crippen molar-refractivity contribution in [3.8, 4) is 0 Å². The zero-order valence-corrected chi connectivity index (χ0v) is 29.5. The van der Waals surface area contributed by atoms with Crippen molar-refractivity contribution in [2.24, 2.45) is 0 Å². The van der Waals surface area contributed by atoms with Crippen molar-refractivity contribution in [2.45, 2.75) is 25.7 Å². The number of anilines is 8. The molecule has 6 rings (SSSR count). The number of para-hydroxylation sites is 4. The number of nitrogens with one attached hydrogen (secondary N) is 6. The first kappa shape index (κ1) is 36.6. The van der Waals surface area contributed by atoms with E-state index >= 15 is 0 Å². The molecule has 270 valence electrons. The van der Waals surface area contributed by atoms with Gasteiger partial charge in [-0.25, -0.2) is 0 Å². The molecule has 10 heteroatoms. The molecule has 0 aliphatic carbocycles. The summed E-state index contributed by atoms with van der Waals surface area (Å²) in [6.45, 7) is 0. The van der Waals surface area contributed by atoms with E-state index in [4.69, 9.17) is 0 Å². The van der Waals surface area contributed by atoms with Gasteiger partial charge in [-0.05, 0) is 110 Å². The van der Waals surface area contributed by atoms with Crippen LogP contribution in [-0.4, -0.2) is 23.6 Å². The molecule has 0 bridgehead atoms. The van der Waals surface area contributed by atoms with Crippen molar-refractivity contribution in [2.75, 3.05) is 31.9 Å². The second-order valence-corrected chi connectivity index (χ2v) is 12.4. The third-order valence-corrected chi connectivity index (χ3v) is 8.36. The Kier molecular flexibility index (Phi) is 12.4. The first-order chi connectivity index (χ1) is 26.4. The van der Waals surface area contributed by atoms with Crippen LogP contribution in [0.5, 0.6) is 0 Å². The van der Waals surface area contributed by atoms with Gasteiger partial charge in [0.25, 0.3) is 11.8 Å². The molecule has 0 aliphatic rings. The number of rotatable bonds is 15. The molecule has 0 saturated carbocycles. The van der Waals surface area contributed by atoms with Crippen molar-refractivity contribution in [3.63, 3.8) is 0 Å². The van der Waals surface area contributed by atoms with Crippen molar-refractivity contribution in [1.82, 2.24) is 0 Å². The molecule has 6 N–H and O–H groups in total. The van der Waals surface area contributed by atoms with Crippen LogP contribution >= 0.6 is 0 Å². The van der Waals surface area contributed by atoms with Gasteiger partial charge in [0.05, 0.1) is 22.5 Å². The first-order valence-corrected chi connectivity index (χ1v) is 17.6. The third kappa shape index (κ3) is 10.7. The molecule has 0 atom stereocenters. The second kappa shape index (κ2) is 18.3. The highest BCUT2D eigenvalue weighted by atomic mass is 16.2. The van der Waals surface area contributed by atoms with E-state index in [0.717, 1.165) is 22.7 Å². The number of hydrogen-bond donors (Lipinski definition) is 6. The lowest BCUT2D eigenvalue weighted by Crippen LogP contribution is -2.19. The van der Waals surface area contributed by atoms with Crippen molar-refractivity contribution in [3.05, 3.63) is 169 Å². The van der Waals surface area contributed by atoms with E-state index in [2.05, 4.69) is 31.9 Å². The second-order valence-electron chi connectivity index (χ2n) is 12.4. The van der Waals surface area contributed by atoms with E-state index in [0.29, 0.717) is 46.7 Å². The van der Waals surface area contributed by atoms with E-state index in [1.165, 1.54) is 0 Å². The van der Waals surface area contributed by atoms with Crippen LogP contribution in [0.2, 0.25) is 0 Å². The summed E-state index contributed by atoms with van der Waals surface area (Å²) in [7, 11) is 0. The largest absolute Gasteiger partial charge is 0.356 e. The molecule has 0 saturated heterocycles. The fraction of sp³-hybridized carbons (Fsp3) is 0.0909. The van der Waals surface area contributed by atoms with Crippen LogP contribution in [0, 0.1) is 0 Å². The van der Waals surface area contributed by atoms with Crippen LogP contribution < -0.4 is 31.9 Å². The van der Waals surface area contributed by atoms with E-state index in [1.807, 2.05) is 84.9 Å². The zero-order valence-electron chi connectivity index (χ0n) is 29.5. The molecule has 6 aromatic rings. The average molecular weight is 717 g/mol. The summed E-state index contributed by atoms with van der Waals surface area (Å²) in [4.78, 5) is 52.0. The summed E-state index contributed by atoms with van der Waals surface area (Å²) < 4.78 is 0. The number of unbranched alkanes of at least 4 members (excludes halogenated alkanes) is 1. The molecular weight excluding hydrogens is 677 g/mol. The van der Waals surface area contributed by atoms with Gasteiger partial charge in [0.1, 0.15) is 0 Å². The predicted octanol–water partition coefficient (Wildman–Crippen LogP) is 9.82. The van der Waals surface area contributed by atoms with Gasteiger partial charge in [0.15, 0.2) is 0 Å². The summed E-state index contributed by atoms with van der Waals surface area (Å²) in [6.07, 6.45) is 1.23. The fourth-order valence-corrected chi connectivity index (χ4v) is 5.62. The summed E-state index contributed by atoms with van der Waals surface area (Å²) in [6, 6.07) is 47.9. The quantitative estimate of drug-likeness (QED) is 0.0585. The highest BCUT2D eigenvalue weighted by molar-refractivity contribution is 6.11. The van der Waals surface area contributed by atoms with E-state index in [-0.39, 0.29) is 36.5 Å². The predicted molar refractivity (Wildman–Crippen MR) is 217 cm³/mol. The number of benzene rings is 6. The van der Waals surface area contributed by atoms with E-state index < -0.39 is 0 Å². The third-order valence-electron chi connectivity index (χ3n) is 8.36. The molecule has 0 aliphatic heterocycles. The van der Waals surface area contributed by atoms with Gasteiger partial charge in [0.2, 0.25) is 11.8 Å². The van der Waals surface area contributed by atoms with Gasteiger partial charge >= 0.3 is 0 Å². The van der Waals surface area contributed by atoms with Gasteiger partial charge in [-0.2, -0.15) is 0 Å². The average Bonchev–Trinajstić information content (AvgIpc) is 3.19. The molecular formula is C44H40N6O4. The van der Waals surface area contributed by atoms with Crippen LogP contribution in [0.25, 0.3) is 0 Å². The van der Waals surface area contributed by atoms with Gasteiger partial charge < -0.3 is 31.9 Å². The lowest BCUT2D eigenvalue weighted by atomic mass is 10.1. The van der Waals surface area contributed by atoms with Gasteiger partial charge in [-0.3, -0.25) is 19.2 Å². The van der Waals surface area contributed by atoms with Gasteiger partial charge in [-0.15, -0.1) is 0 Å². The Morgan fingerprint density at radius 2 is 0.648 bits per heavy atom. The maximum absolute atomic E-state index is 13.2. The topological polar surface area (TPSA) is 140 Å². The molecule has 0 spiro atoms. The Balaban J connectivity index is 0.939. The highest BCUT2D eigenvalue weighted by Crippen LogP contribution is 2.23. The highest BCUT2D eigenvalue weighted by Gasteiger charge is 2.16. The SMILES string of the molecule is O=C(CCCCC(=O)Nc1ccccc1C(=O)Nc1ccc(Nc2ccccc2)cc1)Nc1ccccc1C(=O)Nc1ccc(Nc2ccccc2)cc1. The van der Waals surface area contributed by atoms with E-state index in [1.54, 1.807) is 72.8 Å². The lowest BCUT2D eigenvalue weighted by molar-refractivity contribution is -0.118. The van der Waals surface area contributed by atoms with Crippen LogP contribution in [0.15, 0.2) is 158 Å². The summed E-state index contributed by atoms with van der Waals surface area (Å²) in [5.41, 5.74) is 6.37. The Labute approximate surface area is 314 Å². The Bertz CT molecular complexity index is 2030. The summed E-state index contributed by atoms with van der Waals surface area (Å²) in [5.74, 6) is -1.24. The Morgan fingerprint density at radius 3 is 1.04 bits per heavy atom.